The van der Waals surface area contributed by atoms with Crippen LogP contribution in [0.1, 0.15) is 0 Å². The molecule has 0 atom stereocenters. The van der Waals surface area contributed by atoms with E-state index in [4.69, 9.17) is 0 Å². The zero-order chi connectivity index (χ0) is 29.0. The monoisotopic (exact) mass is 577 g/mol. The lowest BCUT2D eigenvalue weighted by Crippen LogP contribution is -2.10. The smallest absolute Gasteiger partial charge is 0.0718 e. The average Bonchev–Trinajstić information content (AvgIpc) is 3.47. The number of rotatable bonds is 4. The van der Waals surface area contributed by atoms with Crippen molar-refractivity contribution in [2.75, 3.05) is 4.90 Å². The predicted molar refractivity (Wildman–Crippen MR) is 192 cm³/mol. The minimum Gasteiger partial charge on any atom is -0.308 e. The molecule has 1 heterocycles. The van der Waals surface area contributed by atoms with Gasteiger partial charge in [0.2, 0.25) is 0 Å². The molecule has 9 aromatic rings. The van der Waals surface area contributed by atoms with E-state index in [9.17, 15) is 0 Å². The van der Waals surface area contributed by atoms with Gasteiger partial charge >= 0.3 is 0 Å². The molecule has 0 radical (unpaired) electrons. The SMILES string of the molecule is c1ccc(-c2ccc(N(c3ccc4c(ccc5ccccc54)c3)c3c4ccccc4cc4c3sc3ccccc34)cc2)cc1. The van der Waals surface area contributed by atoms with Crippen molar-refractivity contribution in [3.63, 3.8) is 0 Å². The highest BCUT2D eigenvalue weighted by Gasteiger charge is 2.22. The highest BCUT2D eigenvalue weighted by Crippen LogP contribution is 2.49. The maximum absolute atomic E-state index is 2.48. The van der Waals surface area contributed by atoms with Crippen molar-refractivity contribution in [2.24, 2.45) is 0 Å². The number of anilines is 3. The fourth-order valence-electron chi connectivity index (χ4n) is 6.70. The first-order valence-electron chi connectivity index (χ1n) is 15.0. The summed E-state index contributed by atoms with van der Waals surface area (Å²) in [6.45, 7) is 0. The second-order valence-electron chi connectivity index (χ2n) is 11.4. The summed E-state index contributed by atoms with van der Waals surface area (Å²) in [5.74, 6) is 0. The van der Waals surface area contributed by atoms with Gasteiger partial charge in [0.1, 0.15) is 0 Å². The van der Waals surface area contributed by atoms with Crippen molar-refractivity contribution in [2.45, 2.75) is 0 Å². The van der Waals surface area contributed by atoms with Crippen LogP contribution in [0.3, 0.4) is 0 Å². The molecule has 2 heteroatoms. The molecule has 44 heavy (non-hydrogen) atoms. The van der Waals surface area contributed by atoms with Gasteiger partial charge in [0, 0.05) is 32.2 Å². The molecule has 0 fully saturated rings. The van der Waals surface area contributed by atoms with Gasteiger partial charge in [-0.1, -0.05) is 127 Å². The molecule has 0 saturated heterocycles. The molecule has 1 nitrogen and oxygen atoms in total. The molecule has 0 aliphatic carbocycles. The molecule has 206 valence electrons. The molecule has 0 aliphatic rings. The van der Waals surface area contributed by atoms with Crippen LogP contribution in [-0.2, 0) is 0 Å². The predicted octanol–water partition coefficient (Wildman–Crippen LogP) is 12.7. The first kappa shape index (κ1) is 25.1. The molecule has 0 amide bonds. The van der Waals surface area contributed by atoms with Crippen LogP contribution in [0, 0.1) is 0 Å². The highest BCUT2D eigenvalue weighted by atomic mass is 32.1. The standard InChI is InChI=1S/C42H27NS/c1-2-10-28(11-3-1)29-20-22-33(23-21-29)43(34-24-25-36-32(26-34)19-18-30-12-4-6-14-35(30)36)41-37-15-7-5-13-31(37)27-39-38-16-8-9-17-40(38)44-42(39)41/h1-27H. The Morgan fingerprint density at radius 3 is 1.80 bits per heavy atom. The first-order valence-corrected chi connectivity index (χ1v) is 15.8. The number of hydrogen-bond acceptors (Lipinski definition) is 2. The van der Waals surface area contributed by atoms with E-state index < -0.39 is 0 Å². The normalized spacial score (nSPS) is 11.6. The largest absolute Gasteiger partial charge is 0.308 e. The Labute approximate surface area is 259 Å². The fraction of sp³-hybridized carbons (Fsp3) is 0. The summed E-state index contributed by atoms with van der Waals surface area (Å²) in [6.07, 6.45) is 0. The summed E-state index contributed by atoms with van der Waals surface area (Å²) in [7, 11) is 0. The number of thiophene rings is 1. The molecule has 0 N–H and O–H groups in total. The summed E-state index contributed by atoms with van der Waals surface area (Å²) in [4.78, 5) is 2.48. The zero-order valence-corrected chi connectivity index (χ0v) is 24.8. The van der Waals surface area contributed by atoms with E-state index in [1.165, 1.54) is 69.3 Å². The Morgan fingerprint density at radius 1 is 0.364 bits per heavy atom. The van der Waals surface area contributed by atoms with E-state index in [0.29, 0.717) is 0 Å². The molecular formula is C42H27NS. The topological polar surface area (TPSA) is 3.24 Å². The van der Waals surface area contributed by atoms with Crippen LogP contribution >= 0.6 is 11.3 Å². The van der Waals surface area contributed by atoms with Crippen molar-refractivity contribution in [1.29, 1.82) is 0 Å². The number of nitrogens with zero attached hydrogens (tertiary/aromatic N) is 1. The third-order valence-electron chi connectivity index (χ3n) is 8.81. The van der Waals surface area contributed by atoms with E-state index in [0.717, 1.165) is 11.4 Å². The Bertz CT molecular complexity index is 2490. The molecule has 8 aromatic carbocycles. The second-order valence-corrected chi connectivity index (χ2v) is 12.4. The van der Waals surface area contributed by atoms with Crippen molar-refractivity contribution in [1.82, 2.24) is 0 Å². The van der Waals surface area contributed by atoms with Gasteiger partial charge in [0.05, 0.1) is 10.4 Å². The fourth-order valence-corrected chi connectivity index (χ4v) is 7.93. The molecule has 0 bridgehead atoms. The third kappa shape index (κ3) is 4.00. The lowest BCUT2D eigenvalue weighted by Gasteiger charge is -2.28. The molecule has 0 saturated carbocycles. The Morgan fingerprint density at radius 2 is 0.955 bits per heavy atom. The van der Waals surface area contributed by atoms with E-state index in [-0.39, 0.29) is 0 Å². The van der Waals surface area contributed by atoms with Gasteiger partial charge in [0.25, 0.3) is 0 Å². The lowest BCUT2D eigenvalue weighted by atomic mass is 9.99. The molecule has 9 rings (SSSR count). The van der Waals surface area contributed by atoms with E-state index >= 15 is 0 Å². The van der Waals surface area contributed by atoms with Crippen LogP contribution < -0.4 is 4.90 Å². The molecule has 0 unspecified atom stereocenters. The van der Waals surface area contributed by atoms with Crippen LogP contribution in [0.2, 0.25) is 0 Å². The van der Waals surface area contributed by atoms with Crippen molar-refractivity contribution in [3.05, 3.63) is 164 Å². The lowest BCUT2D eigenvalue weighted by molar-refractivity contribution is 1.32. The van der Waals surface area contributed by atoms with Crippen molar-refractivity contribution in [3.8, 4) is 11.1 Å². The Hall–Kier alpha value is -5.44. The maximum Gasteiger partial charge on any atom is 0.0718 e. The summed E-state index contributed by atoms with van der Waals surface area (Å²) in [6, 6.07) is 59.7. The van der Waals surface area contributed by atoms with Crippen molar-refractivity contribution >= 4 is 80.9 Å². The van der Waals surface area contributed by atoms with Crippen LogP contribution in [0.4, 0.5) is 17.1 Å². The van der Waals surface area contributed by atoms with E-state index in [1.54, 1.807) is 0 Å². The van der Waals surface area contributed by atoms with Gasteiger partial charge in [0.15, 0.2) is 0 Å². The van der Waals surface area contributed by atoms with Gasteiger partial charge in [-0.05, 0) is 74.5 Å². The first-order chi connectivity index (χ1) is 21.8. The van der Waals surface area contributed by atoms with Crippen LogP contribution in [-0.4, -0.2) is 0 Å². The Balaban J connectivity index is 1.35. The summed E-state index contributed by atoms with van der Waals surface area (Å²) >= 11 is 1.88. The third-order valence-corrected chi connectivity index (χ3v) is 10.0. The zero-order valence-electron chi connectivity index (χ0n) is 23.9. The number of fused-ring (bicyclic) bond motifs is 7. The van der Waals surface area contributed by atoms with Crippen molar-refractivity contribution < 1.29 is 0 Å². The summed E-state index contributed by atoms with van der Waals surface area (Å²) in [5.41, 5.74) is 5.95. The quantitative estimate of drug-likeness (QED) is 0.188. The molecular weight excluding hydrogens is 551 g/mol. The van der Waals surface area contributed by atoms with E-state index in [1.807, 2.05) is 11.3 Å². The van der Waals surface area contributed by atoms with Gasteiger partial charge in [-0.25, -0.2) is 0 Å². The number of hydrogen-bond donors (Lipinski definition) is 0. The Kier molecular flexibility index (Phi) is 5.75. The van der Waals surface area contributed by atoms with Gasteiger partial charge in [-0.15, -0.1) is 11.3 Å². The number of benzene rings is 8. The molecule has 0 aliphatic heterocycles. The minimum absolute atomic E-state index is 1.14. The highest BCUT2D eigenvalue weighted by molar-refractivity contribution is 7.26. The molecule has 1 aromatic heterocycles. The van der Waals surface area contributed by atoms with Gasteiger partial charge in [-0.3, -0.25) is 0 Å². The summed E-state index contributed by atoms with van der Waals surface area (Å²) in [5, 5.41) is 10.2. The van der Waals surface area contributed by atoms with Gasteiger partial charge < -0.3 is 4.90 Å². The summed E-state index contributed by atoms with van der Waals surface area (Å²) < 4.78 is 2.61. The minimum atomic E-state index is 1.14. The van der Waals surface area contributed by atoms with Crippen LogP contribution in [0.5, 0.6) is 0 Å². The molecule has 0 spiro atoms. The van der Waals surface area contributed by atoms with Gasteiger partial charge in [-0.2, -0.15) is 0 Å². The average molecular weight is 578 g/mol. The maximum atomic E-state index is 2.48. The van der Waals surface area contributed by atoms with E-state index in [2.05, 4.69) is 169 Å². The van der Waals surface area contributed by atoms with Crippen LogP contribution in [0.15, 0.2) is 164 Å². The van der Waals surface area contributed by atoms with Crippen LogP contribution in [0.25, 0.3) is 63.6 Å². The second kappa shape index (κ2) is 10.1.